The van der Waals surface area contributed by atoms with Crippen LogP contribution in [0.4, 0.5) is 0 Å². The molecule has 2 rings (SSSR count). The van der Waals surface area contributed by atoms with Crippen molar-refractivity contribution in [2.24, 2.45) is 5.92 Å². The standard InChI is InChI=1S/C9H9Br2NO/c10-8-3-12-9(11)7-2-5(4-13)1-6(7)8/h3,5,13H,1-2,4H2. The summed E-state index contributed by atoms with van der Waals surface area (Å²) in [5, 5.41) is 9.07. The number of aliphatic hydroxyl groups excluding tert-OH is 1. The zero-order valence-electron chi connectivity index (χ0n) is 6.93. The molecule has 0 spiro atoms. The largest absolute Gasteiger partial charge is 0.396 e. The van der Waals surface area contributed by atoms with Crippen molar-refractivity contribution < 1.29 is 5.11 Å². The van der Waals surface area contributed by atoms with Gasteiger partial charge in [0.2, 0.25) is 0 Å². The number of hydrogen-bond donors (Lipinski definition) is 1. The van der Waals surface area contributed by atoms with Crippen LogP contribution in [0.1, 0.15) is 11.1 Å². The van der Waals surface area contributed by atoms with Gasteiger partial charge < -0.3 is 5.11 Å². The molecule has 13 heavy (non-hydrogen) atoms. The Hall–Kier alpha value is 0.0700. The molecule has 0 fully saturated rings. The molecule has 0 radical (unpaired) electrons. The van der Waals surface area contributed by atoms with Gasteiger partial charge in [-0.1, -0.05) is 0 Å². The lowest BCUT2D eigenvalue weighted by molar-refractivity contribution is 0.232. The van der Waals surface area contributed by atoms with Gasteiger partial charge in [0.15, 0.2) is 0 Å². The van der Waals surface area contributed by atoms with Crippen molar-refractivity contribution >= 4 is 31.9 Å². The minimum Gasteiger partial charge on any atom is -0.396 e. The zero-order valence-corrected chi connectivity index (χ0v) is 10.1. The van der Waals surface area contributed by atoms with Crippen LogP contribution in [-0.2, 0) is 12.8 Å². The Morgan fingerprint density at radius 2 is 2.08 bits per heavy atom. The molecule has 1 atom stereocenters. The number of aliphatic hydroxyl groups is 1. The molecule has 1 unspecified atom stereocenters. The first-order valence-corrected chi connectivity index (χ1v) is 5.73. The summed E-state index contributed by atoms with van der Waals surface area (Å²) in [7, 11) is 0. The SMILES string of the molecule is OCC1Cc2c(Br)cnc(Br)c2C1. The lowest BCUT2D eigenvalue weighted by Crippen LogP contribution is -2.04. The van der Waals surface area contributed by atoms with Crippen LogP contribution in [0.3, 0.4) is 0 Å². The Kier molecular flexibility index (Phi) is 2.72. The van der Waals surface area contributed by atoms with Gasteiger partial charge in [-0.15, -0.1) is 0 Å². The van der Waals surface area contributed by atoms with Gasteiger partial charge in [0.05, 0.1) is 0 Å². The highest BCUT2D eigenvalue weighted by Crippen LogP contribution is 2.35. The van der Waals surface area contributed by atoms with Crippen molar-refractivity contribution in [3.8, 4) is 0 Å². The van der Waals surface area contributed by atoms with Gasteiger partial charge in [0, 0.05) is 17.3 Å². The molecule has 2 nitrogen and oxygen atoms in total. The lowest BCUT2D eigenvalue weighted by Gasteiger charge is -2.02. The van der Waals surface area contributed by atoms with Crippen LogP contribution in [0, 0.1) is 5.92 Å². The summed E-state index contributed by atoms with van der Waals surface area (Å²) in [6.45, 7) is 0.257. The maximum Gasteiger partial charge on any atom is 0.109 e. The van der Waals surface area contributed by atoms with Crippen LogP contribution >= 0.6 is 31.9 Å². The molecule has 1 aliphatic carbocycles. The highest BCUT2D eigenvalue weighted by Gasteiger charge is 2.25. The molecule has 0 bridgehead atoms. The third-order valence-corrected chi connectivity index (χ3v) is 3.80. The highest BCUT2D eigenvalue weighted by atomic mass is 79.9. The average molecular weight is 307 g/mol. The maximum absolute atomic E-state index is 9.07. The Morgan fingerprint density at radius 1 is 1.38 bits per heavy atom. The number of nitrogens with zero attached hydrogens (tertiary/aromatic N) is 1. The molecular formula is C9H9Br2NO. The Bertz CT molecular complexity index is 310. The lowest BCUT2D eigenvalue weighted by atomic mass is 10.1. The Balaban J connectivity index is 2.43. The van der Waals surface area contributed by atoms with Crippen LogP contribution in [0.5, 0.6) is 0 Å². The summed E-state index contributed by atoms with van der Waals surface area (Å²) >= 11 is 6.90. The van der Waals surface area contributed by atoms with Crippen LogP contribution in [-0.4, -0.2) is 16.7 Å². The van der Waals surface area contributed by atoms with Crippen molar-refractivity contribution in [1.82, 2.24) is 4.98 Å². The monoisotopic (exact) mass is 305 g/mol. The molecule has 70 valence electrons. The molecule has 1 aliphatic rings. The molecule has 1 aromatic heterocycles. The van der Waals surface area contributed by atoms with E-state index in [1.807, 2.05) is 6.20 Å². The number of aromatic nitrogens is 1. The van der Waals surface area contributed by atoms with Crippen molar-refractivity contribution in [2.75, 3.05) is 6.61 Å². The van der Waals surface area contributed by atoms with Crippen LogP contribution in [0.2, 0.25) is 0 Å². The summed E-state index contributed by atoms with van der Waals surface area (Å²) in [6, 6.07) is 0. The molecule has 1 N–H and O–H groups in total. The predicted molar refractivity (Wildman–Crippen MR) is 57.6 cm³/mol. The van der Waals surface area contributed by atoms with E-state index in [4.69, 9.17) is 5.11 Å². The number of hydrogen-bond acceptors (Lipinski definition) is 2. The Morgan fingerprint density at radius 3 is 2.69 bits per heavy atom. The van der Waals surface area contributed by atoms with Crippen molar-refractivity contribution in [3.63, 3.8) is 0 Å². The zero-order chi connectivity index (χ0) is 9.42. The second kappa shape index (κ2) is 3.67. The van der Waals surface area contributed by atoms with Gasteiger partial charge in [-0.25, -0.2) is 4.98 Å². The number of rotatable bonds is 1. The van der Waals surface area contributed by atoms with E-state index in [1.165, 1.54) is 11.1 Å². The number of halogens is 2. The van der Waals surface area contributed by atoms with E-state index in [0.717, 1.165) is 21.9 Å². The van der Waals surface area contributed by atoms with E-state index >= 15 is 0 Å². The van der Waals surface area contributed by atoms with Crippen molar-refractivity contribution in [1.29, 1.82) is 0 Å². The summed E-state index contributed by atoms with van der Waals surface area (Å²) < 4.78 is 1.98. The number of fused-ring (bicyclic) bond motifs is 1. The summed E-state index contributed by atoms with van der Waals surface area (Å²) in [6.07, 6.45) is 3.69. The molecule has 4 heteroatoms. The van der Waals surface area contributed by atoms with Gasteiger partial charge in [-0.2, -0.15) is 0 Å². The third kappa shape index (κ3) is 1.67. The normalized spacial score (nSPS) is 20.4. The fourth-order valence-electron chi connectivity index (χ4n) is 1.74. The van der Waals surface area contributed by atoms with Crippen LogP contribution in [0.25, 0.3) is 0 Å². The Labute approximate surface area is 93.6 Å². The smallest absolute Gasteiger partial charge is 0.109 e. The van der Waals surface area contributed by atoms with Crippen LogP contribution in [0.15, 0.2) is 15.3 Å². The highest BCUT2D eigenvalue weighted by molar-refractivity contribution is 9.11. The van der Waals surface area contributed by atoms with Gasteiger partial charge in [0.1, 0.15) is 4.60 Å². The van der Waals surface area contributed by atoms with E-state index in [-0.39, 0.29) is 6.61 Å². The quantitative estimate of drug-likeness (QED) is 0.808. The minimum absolute atomic E-state index is 0.257. The molecular weight excluding hydrogens is 298 g/mol. The van der Waals surface area contributed by atoms with E-state index in [0.29, 0.717) is 5.92 Å². The molecule has 1 heterocycles. The summed E-state index contributed by atoms with van der Waals surface area (Å²) in [4.78, 5) is 4.21. The molecule has 1 aromatic rings. The van der Waals surface area contributed by atoms with E-state index < -0.39 is 0 Å². The fourth-order valence-corrected chi connectivity index (χ4v) is 2.75. The van der Waals surface area contributed by atoms with Crippen molar-refractivity contribution in [2.45, 2.75) is 12.8 Å². The first-order valence-electron chi connectivity index (χ1n) is 4.15. The van der Waals surface area contributed by atoms with Gasteiger partial charge in [-0.3, -0.25) is 0 Å². The van der Waals surface area contributed by atoms with Crippen LogP contribution < -0.4 is 0 Å². The number of pyridine rings is 1. The second-order valence-corrected chi connectivity index (χ2v) is 4.92. The van der Waals surface area contributed by atoms with Gasteiger partial charge in [-0.05, 0) is 61.7 Å². The van der Waals surface area contributed by atoms with Gasteiger partial charge in [0.25, 0.3) is 0 Å². The predicted octanol–water partition coefficient (Wildman–Crippen LogP) is 2.31. The molecule has 0 amide bonds. The first-order chi connectivity index (χ1) is 6.22. The van der Waals surface area contributed by atoms with E-state index in [1.54, 1.807) is 0 Å². The van der Waals surface area contributed by atoms with Gasteiger partial charge >= 0.3 is 0 Å². The maximum atomic E-state index is 9.07. The first kappa shape index (κ1) is 9.62. The van der Waals surface area contributed by atoms with E-state index in [9.17, 15) is 0 Å². The van der Waals surface area contributed by atoms with Crippen molar-refractivity contribution in [3.05, 3.63) is 26.4 Å². The molecule has 0 aromatic carbocycles. The third-order valence-electron chi connectivity index (χ3n) is 2.44. The van der Waals surface area contributed by atoms with E-state index in [2.05, 4.69) is 36.8 Å². The topological polar surface area (TPSA) is 33.1 Å². The molecule has 0 saturated heterocycles. The average Bonchev–Trinajstić information content (AvgIpc) is 2.56. The summed E-state index contributed by atoms with van der Waals surface area (Å²) in [5.41, 5.74) is 2.54. The molecule has 0 saturated carbocycles. The fraction of sp³-hybridized carbons (Fsp3) is 0.444. The second-order valence-electron chi connectivity index (χ2n) is 3.31. The summed E-state index contributed by atoms with van der Waals surface area (Å²) in [5.74, 6) is 0.367. The minimum atomic E-state index is 0.257. The molecule has 0 aliphatic heterocycles.